The van der Waals surface area contributed by atoms with Crippen molar-refractivity contribution in [1.82, 2.24) is 0 Å². The summed E-state index contributed by atoms with van der Waals surface area (Å²) < 4.78 is 84.4. The fourth-order valence-corrected chi connectivity index (χ4v) is 3.82. The van der Waals surface area contributed by atoms with E-state index in [-0.39, 0.29) is 0 Å². The van der Waals surface area contributed by atoms with Gasteiger partial charge in [-0.05, 0) is 54.8 Å². The number of pyridine rings is 1. The SMILES string of the molecule is Cc1ccc(-c2cc(-c3ccc(-c4cc[nH+]cc4)cc3)cc(-c3ccc(C)cc3)[o+]2)cc1.F[B-](F)(F)F.F[B-](F)(F)F. The predicted octanol–water partition coefficient (Wildman–Crippen LogP) is 10.3. The Morgan fingerprint density at radius 1 is 0.429 bits per heavy atom. The van der Waals surface area contributed by atoms with E-state index < -0.39 is 14.5 Å². The Morgan fingerprint density at radius 2 is 0.714 bits per heavy atom. The molecule has 0 radical (unpaired) electrons. The lowest BCUT2D eigenvalue weighted by Crippen LogP contribution is -2.02. The van der Waals surface area contributed by atoms with Crippen LogP contribution in [0.3, 0.4) is 0 Å². The lowest BCUT2D eigenvalue weighted by atomic mass is 9.98. The van der Waals surface area contributed by atoms with E-state index in [4.69, 9.17) is 4.42 Å². The van der Waals surface area contributed by atoms with Crippen LogP contribution in [0.5, 0.6) is 0 Å². The molecule has 2 heterocycles. The Labute approximate surface area is 237 Å². The van der Waals surface area contributed by atoms with Crippen LogP contribution in [0.2, 0.25) is 0 Å². The zero-order valence-corrected chi connectivity index (χ0v) is 22.5. The number of H-pyrrole nitrogens is 1. The van der Waals surface area contributed by atoms with Crippen molar-refractivity contribution >= 4 is 14.5 Å². The van der Waals surface area contributed by atoms with Gasteiger partial charge in [-0.25, -0.2) is 9.40 Å². The van der Waals surface area contributed by atoms with Gasteiger partial charge in [-0.1, -0.05) is 59.7 Å². The van der Waals surface area contributed by atoms with Crippen LogP contribution >= 0.6 is 0 Å². The highest BCUT2D eigenvalue weighted by Gasteiger charge is 2.22. The molecule has 0 spiro atoms. The molecule has 5 rings (SSSR count). The van der Waals surface area contributed by atoms with Crippen LogP contribution in [0.4, 0.5) is 34.5 Å². The first-order valence-corrected chi connectivity index (χ1v) is 12.6. The van der Waals surface area contributed by atoms with Crippen molar-refractivity contribution in [1.29, 1.82) is 0 Å². The molecule has 0 aliphatic carbocycles. The molecule has 0 aliphatic rings. The van der Waals surface area contributed by atoms with Crippen molar-refractivity contribution in [3.8, 4) is 44.9 Å². The van der Waals surface area contributed by atoms with Gasteiger partial charge in [-0.3, -0.25) is 0 Å². The summed E-state index contributed by atoms with van der Waals surface area (Å²) in [5.74, 6) is 1.72. The molecule has 0 bridgehead atoms. The molecule has 2 aromatic heterocycles. The zero-order chi connectivity index (χ0) is 30.9. The molecule has 0 aliphatic heterocycles. The largest absolute Gasteiger partial charge is 0.673 e. The van der Waals surface area contributed by atoms with E-state index in [1.165, 1.54) is 22.3 Å². The van der Waals surface area contributed by atoms with E-state index in [9.17, 15) is 34.5 Å². The Bertz CT molecular complexity index is 1470. The van der Waals surface area contributed by atoms with Crippen LogP contribution in [0.1, 0.15) is 11.1 Å². The normalized spacial score (nSPS) is 11.1. The van der Waals surface area contributed by atoms with Gasteiger partial charge in [0.15, 0.2) is 12.4 Å². The fourth-order valence-electron chi connectivity index (χ4n) is 3.82. The summed E-state index contributed by atoms with van der Waals surface area (Å²) in [6, 6.07) is 34.1. The van der Waals surface area contributed by atoms with E-state index in [1.54, 1.807) is 0 Å². The first kappa shape index (κ1) is 32.0. The second-order valence-electron chi connectivity index (χ2n) is 9.16. The number of hydrogen-bond acceptors (Lipinski definition) is 0. The third-order valence-electron chi connectivity index (χ3n) is 5.74. The lowest BCUT2D eigenvalue weighted by Gasteiger charge is -2.05. The summed E-state index contributed by atoms with van der Waals surface area (Å²) in [4.78, 5) is 3.08. The molecule has 1 N–H and O–H groups in total. The molecule has 218 valence electrons. The summed E-state index contributed by atoms with van der Waals surface area (Å²) in [6.07, 6.45) is 3.90. The van der Waals surface area contributed by atoms with Crippen LogP contribution in [-0.2, 0) is 0 Å². The maximum Gasteiger partial charge on any atom is 0.673 e. The number of aromatic amines is 1. The van der Waals surface area contributed by atoms with Gasteiger partial charge in [-0.15, -0.1) is 0 Å². The van der Waals surface area contributed by atoms with Crippen LogP contribution in [0.25, 0.3) is 44.9 Å². The minimum Gasteiger partial charge on any atom is -0.418 e. The lowest BCUT2D eigenvalue weighted by molar-refractivity contribution is -0.377. The van der Waals surface area contributed by atoms with Crippen molar-refractivity contribution < 1.29 is 43.9 Å². The third kappa shape index (κ3) is 11.2. The zero-order valence-electron chi connectivity index (χ0n) is 22.5. The van der Waals surface area contributed by atoms with Crippen LogP contribution in [-0.4, -0.2) is 14.5 Å². The van der Waals surface area contributed by atoms with Gasteiger partial charge in [0.25, 0.3) is 0 Å². The Balaban J connectivity index is 0.000000420. The Kier molecular flexibility index (Phi) is 10.6. The van der Waals surface area contributed by atoms with Gasteiger partial charge in [0, 0.05) is 17.7 Å². The number of aromatic nitrogens is 1. The third-order valence-corrected chi connectivity index (χ3v) is 5.74. The average Bonchev–Trinajstić information content (AvgIpc) is 2.92. The van der Waals surface area contributed by atoms with Gasteiger partial charge < -0.3 is 34.5 Å². The first-order valence-electron chi connectivity index (χ1n) is 12.6. The van der Waals surface area contributed by atoms with Crippen molar-refractivity contribution in [2.24, 2.45) is 0 Å². The molecule has 0 saturated heterocycles. The monoisotopic (exact) mass is 589 g/mol. The summed E-state index contributed by atoms with van der Waals surface area (Å²) in [6.45, 7) is 4.20. The highest BCUT2D eigenvalue weighted by atomic mass is 19.5. The number of rotatable bonds is 4. The van der Waals surface area contributed by atoms with Gasteiger partial charge >= 0.3 is 26.0 Å². The summed E-state index contributed by atoms with van der Waals surface area (Å²) in [5, 5.41) is 0. The molecular formula is C30H25B2F8NO. The Morgan fingerprint density at radius 3 is 1.07 bits per heavy atom. The molecule has 12 heteroatoms. The number of nitrogens with one attached hydrogen (secondary N) is 1. The highest BCUT2D eigenvalue weighted by molar-refractivity contribution is 6.50. The van der Waals surface area contributed by atoms with Gasteiger partial charge in [0.2, 0.25) is 0 Å². The smallest absolute Gasteiger partial charge is 0.418 e. The first-order chi connectivity index (χ1) is 19.7. The summed E-state index contributed by atoms with van der Waals surface area (Å²) in [7, 11) is -12.0. The predicted molar refractivity (Wildman–Crippen MR) is 151 cm³/mol. The minimum atomic E-state index is -6.00. The highest BCUT2D eigenvalue weighted by Crippen LogP contribution is 2.34. The molecule has 42 heavy (non-hydrogen) atoms. The summed E-state index contributed by atoms with van der Waals surface area (Å²) in [5.41, 5.74) is 9.30. The number of hydrogen-bond donors (Lipinski definition) is 0. The molecule has 0 atom stereocenters. The quantitative estimate of drug-likeness (QED) is 0.116. The second-order valence-corrected chi connectivity index (χ2v) is 9.16. The van der Waals surface area contributed by atoms with E-state index in [0.29, 0.717) is 0 Å². The maximum absolute atomic E-state index is 9.75. The van der Waals surface area contributed by atoms with Crippen molar-refractivity contribution in [3.63, 3.8) is 0 Å². The van der Waals surface area contributed by atoms with Crippen molar-refractivity contribution in [2.45, 2.75) is 13.8 Å². The topological polar surface area (TPSA) is 25.4 Å². The number of aryl methyl sites for hydroxylation is 2. The van der Waals surface area contributed by atoms with Crippen LogP contribution in [0, 0.1) is 13.8 Å². The van der Waals surface area contributed by atoms with E-state index in [0.717, 1.165) is 33.8 Å². The van der Waals surface area contributed by atoms with Gasteiger partial charge in [0.05, 0.1) is 23.3 Å². The second kappa shape index (κ2) is 13.9. The van der Waals surface area contributed by atoms with E-state index in [1.807, 2.05) is 12.4 Å². The van der Waals surface area contributed by atoms with E-state index in [2.05, 4.69) is 116 Å². The van der Waals surface area contributed by atoms with Crippen LogP contribution < -0.4 is 4.98 Å². The summed E-state index contributed by atoms with van der Waals surface area (Å²) >= 11 is 0. The maximum atomic E-state index is 9.75. The minimum absolute atomic E-state index is 0.862. The standard InChI is InChI=1S/C30H24NO.2BF4/c1-21-3-7-26(8-4-21)29-19-28(20-30(32-29)27-9-5-22(2)6-10-27)24-13-11-23(12-14-24)25-15-17-31-18-16-25;2*2-1(3,4)5/h3-20H,1-2H3;;/q+1;2*-1/p+1. The molecule has 0 fully saturated rings. The molecule has 0 amide bonds. The fraction of sp³-hybridized carbons (Fsp3) is 0.0667. The molecule has 3 aromatic carbocycles. The molecule has 0 unspecified atom stereocenters. The molecule has 2 nitrogen and oxygen atoms in total. The number of benzene rings is 3. The van der Waals surface area contributed by atoms with Crippen molar-refractivity contribution in [2.75, 3.05) is 0 Å². The Hall–Kier alpha value is -4.47. The van der Waals surface area contributed by atoms with E-state index >= 15 is 0 Å². The van der Waals surface area contributed by atoms with Gasteiger partial charge in [0.1, 0.15) is 0 Å². The van der Waals surface area contributed by atoms with Gasteiger partial charge in [-0.2, -0.15) is 0 Å². The molecular weight excluding hydrogens is 564 g/mol. The average molecular weight is 589 g/mol. The van der Waals surface area contributed by atoms with Crippen molar-refractivity contribution in [3.05, 3.63) is 121 Å². The molecule has 0 saturated carbocycles. The van der Waals surface area contributed by atoms with Crippen LogP contribution in [0.15, 0.2) is 114 Å². The molecule has 5 aromatic rings. The number of halogens is 8.